The number of aromatic nitrogens is 2. The third-order valence-electron chi connectivity index (χ3n) is 4.20. The van der Waals surface area contributed by atoms with E-state index in [0.717, 1.165) is 5.56 Å². The van der Waals surface area contributed by atoms with E-state index >= 15 is 0 Å². The number of nitrogens with zero attached hydrogens (tertiary/aromatic N) is 2. The van der Waals surface area contributed by atoms with Crippen LogP contribution in [0, 0.1) is 6.92 Å². The second-order valence-electron chi connectivity index (χ2n) is 6.15. The van der Waals surface area contributed by atoms with Crippen LogP contribution >= 0.6 is 34.8 Å². The highest BCUT2D eigenvalue weighted by Crippen LogP contribution is 2.33. The molecule has 0 saturated heterocycles. The lowest BCUT2D eigenvalue weighted by Gasteiger charge is -2.11. The van der Waals surface area contributed by atoms with E-state index in [-0.39, 0.29) is 18.8 Å². The summed E-state index contributed by atoms with van der Waals surface area (Å²) in [5.74, 6) is -1.66. The lowest BCUT2D eigenvalue weighted by atomic mass is 10.0. The molecule has 29 heavy (non-hydrogen) atoms. The molecule has 150 valence electrons. The summed E-state index contributed by atoms with van der Waals surface area (Å²) >= 11 is 18.4. The van der Waals surface area contributed by atoms with Crippen molar-refractivity contribution in [3.8, 4) is 16.9 Å². The van der Waals surface area contributed by atoms with E-state index in [2.05, 4.69) is 10.4 Å². The van der Waals surface area contributed by atoms with Gasteiger partial charge in [0, 0.05) is 27.7 Å². The number of carbonyl (C=O) groups is 2. The molecule has 2 N–H and O–H groups in total. The molecule has 0 radical (unpaired) electrons. The molecule has 0 bridgehead atoms. The first-order valence-electron chi connectivity index (χ1n) is 8.58. The maximum Gasteiger partial charge on any atom is 0.294 e. The number of carbonyl (C=O) groups excluding carboxylic acids is 2. The zero-order chi connectivity index (χ0) is 21.1. The zero-order valence-electron chi connectivity index (χ0n) is 15.2. The van der Waals surface area contributed by atoms with Gasteiger partial charge in [-0.1, -0.05) is 46.9 Å². The summed E-state index contributed by atoms with van der Waals surface area (Å²) < 4.78 is 1.50. The maximum absolute atomic E-state index is 12.6. The van der Waals surface area contributed by atoms with Gasteiger partial charge in [0.25, 0.3) is 11.7 Å². The van der Waals surface area contributed by atoms with Crippen LogP contribution in [0.1, 0.15) is 16.1 Å². The van der Waals surface area contributed by atoms with E-state index in [4.69, 9.17) is 39.9 Å². The van der Waals surface area contributed by atoms with Crippen LogP contribution in [0.15, 0.2) is 42.5 Å². The highest BCUT2D eigenvalue weighted by Gasteiger charge is 2.27. The van der Waals surface area contributed by atoms with E-state index < -0.39 is 11.7 Å². The molecule has 0 fully saturated rings. The van der Waals surface area contributed by atoms with Crippen molar-refractivity contribution in [1.82, 2.24) is 15.1 Å². The minimum atomic E-state index is -0.850. The number of halogens is 3. The number of hydrogen-bond donors (Lipinski definition) is 2. The van der Waals surface area contributed by atoms with Crippen LogP contribution in [0.4, 0.5) is 0 Å². The third kappa shape index (κ3) is 4.46. The molecule has 0 aliphatic heterocycles. The molecule has 3 aromatic rings. The van der Waals surface area contributed by atoms with Gasteiger partial charge >= 0.3 is 0 Å². The van der Waals surface area contributed by atoms with E-state index in [0.29, 0.717) is 32.0 Å². The molecule has 1 aromatic heterocycles. The van der Waals surface area contributed by atoms with Gasteiger partial charge in [-0.05, 0) is 37.3 Å². The maximum atomic E-state index is 12.6. The molecule has 0 unspecified atom stereocenters. The first-order valence-corrected chi connectivity index (χ1v) is 9.71. The Morgan fingerprint density at radius 1 is 1.07 bits per heavy atom. The van der Waals surface area contributed by atoms with Crippen molar-refractivity contribution in [1.29, 1.82) is 0 Å². The standard InChI is InChI=1S/C20H16Cl3N3O3/c1-11-17(19(28)20(29)24-8-9-27)25-26(16-7-6-14(22)10-15(16)23)18(11)12-2-4-13(21)5-3-12/h2-7,10,27H,8-9H2,1H3,(H,24,29). The Morgan fingerprint density at radius 2 is 1.72 bits per heavy atom. The Morgan fingerprint density at radius 3 is 2.34 bits per heavy atom. The van der Waals surface area contributed by atoms with Crippen LogP contribution in [0.5, 0.6) is 0 Å². The third-order valence-corrected chi connectivity index (χ3v) is 4.99. The Hall–Kier alpha value is -2.38. The number of Topliss-reactive ketones (excluding diaryl/α,β-unsaturated/α-hetero) is 1. The lowest BCUT2D eigenvalue weighted by molar-refractivity contribution is -0.117. The normalized spacial score (nSPS) is 10.8. The van der Waals surface area contributed by atoms with Crippen molar-refractivity contribution in [2.45, 2.75) is 6.92 Å². The molecule has 9 heteroatoms. The molecule has 3 rings (SSSR count). The molecule has 0 atom stereocenters. The fourth-order valence-corrected chi connectivity index (χ4v) is 3.46. The van der Waals surface area contributed by atoms with Gasteiger partial charge in [0.05, 0.1) is 23.0 Å². The summed E-state index contributed by atoms with van der Waals surface area (Å²) in [6.45, 7) is 1.39. The topological polar surface area (TPSA) is 84.2 Å². The zero-order valence-corrected chi connectivity index (χ0v) is 17.5. The minimum Gasteiger partial charge on any atom is -0.395 e. The highest BCUT2D eigenvalue weighted by atomic mass is 35.5. The average molecular weight is 453 g/mol. The van der Waals surface area contributed by atoms with Gasteiger partial charge in [-0.2, -0.15) is 5.10 Å². The summed E-state index contributed by atoms with van der Waals surface area (Å²) in [5.41, 5.74) is 2.31. The molecular weight excluding hydrogens is 437 g/mol. The summed E-state index contributed by atoms with van der Waals surface area (Å²) in [4.78, 5) is 24.8. The van der Waals surface area contributed by atoms with Gasteiger partial charge in [0.15, 0.2) is 0 Å². The van der Waals surface area contributed by atoms with Crippen LogP contribution in [0.3, 0.4) is 0 Å². The molecule has 1 heterocycles. The molecular formula is C20H16Cl3N3O3. The predicted octanol–water partition coefficient (Wildman–Crippen LogP) is 4.10. The first-order chi connectivity index (χ1) is 13.8. The Bertz CT molecular complexity index is 1080. The van der Waals surface area contributed by atoms with Gasteiger partial charge in [0.1, 0.15) is 5.69 Å². The molecule has 0 aliphatic carbocycles. The molecule has 6 nitrogen and oxygen atoms in total. The van der Waals surface area contributed by atoms with Crippen molar-refractivity contribution < 1.29 is 14.7 Å². The summed E-state index contributed by atoms with van der Waals surface area (Å²) in [7, 11) is 0. The van der Waals surface area contributed by atoms with Crippen LogP contribution in [-0.2, 0) is 4.79 Å². The smallest absolute Gasteiger partial charge is 0.294 e. The van der Waals surface area contributed by atoms with Crippen molar-refractivity contribution in [3.63, 3.8) is 0 Å². The number of rotatable bonds is 6. The van der Waals surface area contributed by atoms with Crippen LogP contribution in [0.2, 0.25) is 15.1 Å². The van der Waals surface area contributed by atoms with Crippen molar-refractivity contribution >= 4 is 46.5 Å². The van der Waals surface area contributed by atoms with Crippen molar-refractivity contribution in [2.24, 2.45) is 0 Å². The van der Waals surface area contributed by atoms with Crippen molar-refractivity contribution in [3.05, 3.63) is 68.8 Å². The molecule has 0 saturated carbocycles. The molecule has 0 spiro atoms. The number of aliphatic hydroxyl groups excluding tert-OH is 1. The molecule has 0 aliphatic rings. The van der Waals surface area contributed by atoms with Gasteiger partial charge < -0.3 is 10.4 Å². The number of aliphatic hydroxyl groups is 1. The Balaban J connectivity index is 2.19. The van der Waals surface area contributed by atoms with Crippen molar-refractivity contribution in [2.75, 3.05) is 13.2 Å². The van der Waals surface area contributed by atoms with Crippen LogP contribution in [0.25, 0.3) is 16.9 Å². The highest BCUT2D eigenvalue weighted by molar-refractivity contribution is 6.42. The lowest BCUT2D eigenvalue weighted by Crippen LogP contribution is -2.33. The summed E-state index contributed by atoms with van der Waals surface area (Å²) in [6, 6.07) is 11.9. The molecule has 1 amide bonds. The predicted molar refractivity (Wildman–Crippen MR) is 113 cm³/mol. The number of benzene rings is 2. The average Bonchev–Trinajstić information content (AvgIpc) is 3.03. The van der Waals surface area contributed by atoms with E-state index in [1.165, 1.54) is 4.68 Å². The Labute approximate surface area is 182 Å². The second-order valence-corrected chi connectivity index (χ2v) is 7.43. The summed E-state index contributed by atoms with van der Waals surface area (Å²) in [5, 5.41) is 16.9. The molecule has 2 aromatic carbocycles. The van der Waals surface area contributed by atoms with Gasteiger partial charge in [0.2, 0.25) is 0 Å². The largest absolute Gasteiger partial charge is 0.395 e. The summed E-state index contributed by atoms with van der Waals surface area (Å²) in [6.07, 6.45) is 0. The van der Waals surface area contributed by atoms with Crippen LogP contribution < -0.4 is 5.32 Å². The number of amides is 1. The SMILES string of the molecule is Cc1c(C(=O)C(=O)NCCO)nn(-c2ccc(Cl)cc2Cl)c1-c1ccc(Cl)cc1. The Kier molecular flexibility index (Phi) is 6.59. The van der Waals surface area contributed by atoms with Gasteiger partial charge in [-0.3, -0.25) is 9.59 Å². The van der Waals surface area contributed by atoms with E-state index in [1.54, 1.807) is 49.4 Å². The van der Waals surface area contributed by atoms with E-state index in [9.17, 15) is 9.59 Å². The van der Waals surface area contributed by atoms with Gasteiger partial charge in [-0.15, -0.1) is 0 Å². The second kappa shape index (κ2) is 8.97. The van der Waals surface area contributed by atoms with E-state index in [1.807, 2.05) is 0 Å². The van der Waals surface area contributed by atoms with Gasteiger partial charge in [-0.25, -0.2) is 4.68 Å². The fraction of sp³-hybridized carbons (Fsp3) is 0.150. The number of hydrogen-bond acceptors (Lipinski definition) is 4. The van der Waals surface area contributed by atoms with Crippen LogP contribution in [-0.4, -0.2) is 39.7 Å². The number of ketones is 1. The first kappa shape index (κ1) is 21.3. The minimum absolute atomic E-state index is 0.0172. The fourth-order valence-electron chi connectivity index (χ4n) is 2.84. The monoisotopic (exact) mass is 451 g/mol. The quantitative estimate of drug-likeness (QED) is 0.436. The number of nitrogens with one attached hydrogen (secondary N) is 1.